The Morgan fingerprint density at radius 1 is 1.16 bits per heavy atom. The van der Waals surface area contributed by atoms with Crippen molar-refractivity contribution in [3.8, 4) is 0 Å². The van der Waals surface area contributed by atoms with E-state index in [-0.39, 0.29) is 5.91 Å². The molecule has 1 N–H and O–H groups in total. The smallest absolute Gasteiger partial charge is 0.254 e. The van der Waals surface area contributed by atoms with Crippen molar-refractivity contribution < 1.29 is 4.79 Å². The monoisotopic (exact) mass is 341 g/mol. The fourth-order valence-corrected chi connectivity index (χ4v) is 4.03. The number of piperidine rings is 1. The van der Waals surface area contributed by atoms with Gasteiger partial charge in [-0.15, -0.1) is 0 Å². The molecule has 1 amide bonds. The minimum atomic E-state index is -0.0300. The van der Waals surface area contributed by atoms with Gasteiger partial charge < -0.3 is 10.2 Å². The van der Waals surface area contributed by atoms with Crippen molar-refractivity contribution in [3.63, 3.8) is 0 Å². The quantitative estimate of drug-likeness (QED) is 0.932. The second-order valence-electron chi connectivity index (χ2n) is 7.60. The van der Waals surface area contributed by atoms with Crippen LogP contribution in [-0.4, -0.2) is 51.6 Å². The van der Waals surface area contributed by atoms with Crippen LogP contribution in [0, 0.1) is 0 Å². The number of aromatic nitrogens is 3. The summed E-state index contributed by atoms with van der Waals surface area (Å²) in [4.78, 5) is 19.3. The SMILES string of the molecule is CN1CCC(c2cc3ncc(C(=O)NC4CCCCC4)cn3n2)CC1. The van der Waals surface area contributed by atoms with Gasteiger partial charge in [0, 0.05) is 30.4 Å². The number of hydrogen-bond acceptors (Lipinski definition) is 4. The van der Waals surface area contributed by atoms with Crippen LogP contribution in [0.15, 0.2) is 18.5 Å². The Labute approximate surface area is 148 Å². The Hall–Kier alpha value is -1.95. The highest BCUT2D eigenvalue weighted by molar-refractivity contribution is 5.94. The zero-order chi connectivity index (χ0) is 17.2. The molecule has 4 rings (SSSR count). The van der Waals surface area contributed by atoms with Crippen molar-refractivity contribution in [3.05, 3.63) is 29.7 Å². The lowest BCUT2D eigenvalue weighted by atomic mass is 9.94. The fraction of sp³-hybridized carbons (Fsp3) is 0.632. The summed E-state index contributed by atoms with van der Waals surface area (Å²) in [6, 6.07) is 2.38. The zero-order valence-corrected chi connectivity index (χ0v) is 14.9. The summed E-state index contributed by atoms with van der Waals surface area (Å²) in [6.07, 6.45) is 11.6. The first-order valence-electron chi connectivity index (χ1n) is 9.54. The summed E-state index contributed by atoms with van der Waals surface area (Å²) in [5.74, 6) is 0.468. The molecule has 0 bridgehead atoms. The molecule has 2 aromatic heterocycles. The predicted molar refractivity (Wildman–Crippen MR) is 96.8 cm³/mol. The first-order valence-corrected chi connectivity index (χ1v) is 9.54. The van der Waals surface area contributed by atoms with Crippen molar-refractivity contribution in [1.82, 2.24) is 24.8 Å². The fourth-order valence-electron chi connectivity index (χ4n) is 4.03. The van der Waals surface area contributed by atoms with Crippen LogP contribution in [0.5, 0.6) is 0 Å². The highest BCUT2D eigenvalue weighted by Gasteiger charge is 2.22. The van der Waals surface area contributed by atoms with Crippen LogP contribution in [0.1, 0.15) is 66.9 Å². The van der Waals surface area contributed by atoms with Crippen LogP contribution >= 0.6 is 0 Å². The molecule has 1 saturated heterocycles. The van der Waals surface area contributed by atoms with E-state index in [9.17, 15) is 4.79 Å². The van der Waals surface area contributed by atoms with Crippen molar-refractivity contribution in [1.29, 1.82) is 0 Å². The molecule has 6 nitrogen and oxygen atoms in total. The largest absolute Gasteiger partial charge is 0.349 e. The van der Waals surface area contributed by atoms with Gasteiger partial charge in [0.15, 0.2) is 5.65 Å². The Morgan fingerprint density at radius 3 is 2.68 bits per heavy atom. The van der Waals surface area contributed by atoms with Crippen molar-refractivity contribution >= 4 is 11.6 Å². The normalized spacial score (nSPS) is 20.8. The molecule has 2 aromatic rings. The highest BCUT2D eigenvalue weighted by Crippen LogP contribution is 2.27. The van der Waals surface area contributed by atoms with Crippen LogP contribution in [0.25, 0.3) is 5.65 Å². The molecule has 1 saturated carbocycles. The molecule has 1 aliphatic heterocycles. The number of fused-ring (bicyclic) bond motifs is 1. The van der Waals surface area contributed by atoms with E-state index in [1.807, 2.05) is 6.20 Å². The van der Waals surface area contributed by atoms with Crippen molar-refractivity contribution in [2.45, 2.75) is 56.9 Å². The molecule has 3 heterocycles. The van der Waals surface area contributed by atoms with Crippen LogP contribution in [0.2, 0.25) is 0 Å². The maximum Gasteiger partial charge on any atom is 0.254 e. The molecule has 1 aliphatic carbocycles. The third-order valence-electron chi connectivity index (χ3n) is 5.67. The van der Waals surface area contributed by atoms with Gasteiger partial charge in [-0.2, -0.15) is 5.10 Å². The van der Waals surface area contributed by atoms with Crippen LogP contribution in [0.4, 0.5) is 0 Å². The van der Waals surface area contributed by atoms with Gasteiger partial charge in [0.1, 0.15) is 0 Å². The summed E-state index contributed by atoms with van der Waals surface area (Å²) in [5, 5.41) is 7.86. The first-order chi connectivity index (χ1) is 12.2. The summed E-state index contributed by atoms with van der Waals surface area (Å²) in [6.45, 7) is 2.22. The average Bonchev–Trinajstić information content (AvgIpc) is 3.06. The van der Waals surface area contributed by atoms with Crippen molar-refractivity contribution in [2.24, 2.45) is 0 Å². The minimum absolute atomic E-state index is 0.0300. The molecule has 0 spiro atoms. The second kappa shape index (κ2) is 7.12. The molecule has 6 heteroatoms. The van der Waals surface area contributed by atoms with Gasteiger partial charge in [-0.05, 0) is 45.8 Å². The molecule has 0 radical (unpaired) electrons. The van der Waals surface area contributed by atoms with Gasteiger partial charge in [0.25, 0.3) is 5.91 Å². The zero-order valence-electron chi connectivity index (χ0n) is 14.9. The maximum absolute atomic E-state index is 12.5. The minimum Gasteiger partial charge on any atom is -0.349 e. The number of rotatable bonds is 3. The Bertz CT molecular complexity index is 741. The van der Waals surface area contributed by atoms with Gasteiger partial charge in [0.2, 0.25) is 0 Å². The van der Waals surface area contributed by atoms with Gasteiger partial charge in [-0.1, -0.05) is 19.3 Å². The molecular formula is C19H27N5O. The molecule has 25 heavy (non-hydrogen) atoms. The lowest BCUT2D eigenvalue weighted by molar-refractivity contribution is 0.0927. The van der Waals surface area contributed by atoms with E-state index in [0.29, 0.717) is 17.5 Å². The first kappa shape index (κ1) is 16.5. The number of hydrogen-bond donors (Lipinski definition) is 1. The topological polar surface area (TPSA) is 62.5 Å². The Morgan fingerprint density at radius 2 is 1.92 bits per heavy atom. The molecule has 0 aromatic carbocycles. The molecule has 134 valence electrons. The van der Waals surface area contributed by atoms with Gasteiger partial charge in [-0.3, -0.25) is 4.79 Å². The number of carbonyl (C=O) groups excluding carboxylic acids is 1. The lowest BCUT2D eigenvalue weighted by Gasteiger charge is -2.27. The summed E-state index contributed by atoms with van der Waals surface area (Å²) in [7, 11) is 2.17. The number of nitrogens with zero attached hydrogens (tertiary/aromatic N) is 4. The Balaban J connectivity index is 1.48. The third-order valence-corrected chi connectivity index (χ3v) is 5.67. The van der Waals surface area contributed by atoms with E-state index in [1.165, 1.54) is 19.3 Å². The van der Waals surface area contributed by atoms with E-state index in [2.05, 4.69) is 28.3 Å². The lowest BCUT2D eigenvalue weighted by Crippen LogP contribution is -2.36. The number of likely N-dealkylation sites (tertiary alicyclic amines) is 1. The van der Waals surface area contributed by atoms with Gasteiger partial charge in [0.05, 0.1) is 11.3 Å². The van der Waals surface area contributed by atoms with E-state index in [4.69, 9.17) is 5.10 Å². The van der Waals surface area contributed by atoms with Crippen LogP contribution in [0.3, 0.4) is 0 Å². The van der Waals surface area contributed by atoms with Gasteiger partial charge in [-0.25, -0.2) is 9.50 Å². The predicted octanol–water partition coefficient (Wildman–Crippen LogP) is 2.60. The molecular weight excluding hydrogens is 314 g/mol. The number of nitrogens with one attached hydrogen (secondary N) is 1. The van der Waals surface area contributed by atoms with Gasteiger partial charge >= 0.3 is 0 Å². The maximum atomic E-state index is 12.5. The average molecular weight is 341 g/mol. The number of carbonyl (C=O) groups is 1. The summed E-state index contributed by atoms with van der Waals surface area (Å²) in [5.41, 5.74) is 2.52. The van der Waals surface area contributed by atoms with E-state index in [1.54, 1.807) is 10.7 Å². The molecule has 2 fully saturated rings. The molecule has 0 atom stereocenters. The van der Waals surface area contributed by atoms with E-state index < -0.39 is 0 Å². The number of amides is 1. The second-order valence-corrected chi connectivity index (χ2v) is 7.60. The molecule has 2 aliphatic rings. The molecule has 0 unspecified atom stereocenters. The van der Waals surface area contributed by atoms with Crippen LogP contribution in [-0.2, 0) is 0 Å². The van der Waals surface area contributed by atoms with Crippen molar-refractivity contribution in [2.75, 3.05) is 20.1 Å². The Kier molecular flexibility index (Phi) is 4.70. The standard InChI is InChI=1S/C19H27N5O/c1-23-9-7-14(8-10-23)17-11-18-20-12-15(13-24(18)22-17)19(25)21-16-5-3-2-4-6-16/h11-14,16H,2-10H2,1H3,(H,21,25). The highest BCUT2D eigenvalue weighted by atomic mass is 16.1. The summed E-state index contributed by atoms with van der Waals surface area (Å²) < 4.78 is 1.77. The van der Waals surface area contributed by atoms with E-state index in [0.717, 1.165) is 50.1 Å². The summed E-state index contributed by atoms with van der Waals surface area (Å²) >= 11 is 0. The van der Waals surface area contributed by atoms with E-state index >= 15 is 0 Å². The van der Waals surface area contributed by atoms with Crippen LogP contribution < -0.4 is 5.32 Å². The third kappa shape index (κ3) is 3.68.